The maximum absolute atomic E-state index is 12.0. The second-order valence-electron chi connectivity index (χ2n) is 5.98. The van der Waals surface area contributed by atoms with E-state index in [1.807, 2.05) is 6.07 Å². The van der Waals surface area contributed by atoms with Crippen LogP contribution in [0.15, 0.2) is 52.2 Å². The molecule has 9 nitrogen and oxygen atoms in total. The third-order valence-corrected chi connectivity index (χ3v) is 4.20. The molecule has 134 valence electrons. The largest absolute Gasteiger partial charge is 0.472 e. The molecule has 1 amide bonds. The van der Waals surface area contributed by atoms with Gasteiger partial charge in [0.05, 0.1) is 37.5 Å². The second-order valence-corrected chi connectivity index (χ2v) is 5.98. The topological polar surface area (TPSA) is 104 Å². The van der Waals surface area contributed by atoms with E-state index in [1.165, 1.54) is 10.6 Å². The van der Waals surface area contributed by atoms with Crippen molar-refractivity contribution in [3.8, 4) is 11.3 Å². The van der Waals surface area contributed by atoms with Crippen molar-refractivity contribution in [3.63, 3.8) is 0 Å². The molecule has 0 radical (unpaired) electrons. The summed E-state index contributed by atoms with van der Waals surface area (Å²) in [6, 6.07) is 6.59. The Kier molecular flexibility index (Phi) is 4.36. The van der Waals surface area contributed by atoms with Gasteiger partial charge in [-0.1, -0.05) is 11.3 Å². The number of hydrogen-bond donors (Lipinski definition) is 1. The van der Waals surface area contributed by atoms with E-state index >= 15 is 0 Å². The van der Waals surface area contributed by atoms with Crippen molar-refractivity contribution in [2.24, 2.45) is 0 Å². The molecular weight excluding hydrogens is 338 g/mol. The van der Waals surface area contributed by atoms with Gasteiger partial charge in [-0.2, -0.15) is 0 Å². The van der Waals surface area contributed by atoms with Crippen LogP contribution < -0.4 is 10.9 Å². The molecule has 3 aromatic rings. The van der Waals surface area contributed by atoms with Gasteiger partial charge in [-0.25, -0.2) is 4.68 Å². The Bertz CT molecular complexity index is 960. The maximum Gasteiger partial charge on any atom is 0.250 e. The minimum absolute atomic E-state index is 0.0222. The molecule has 0 aliphatic carbocycles. The first-order valence-corrected chi connectivity index (χ1v) is 8.19. The number of fused-ring (bicyclic) bond motifs is 1. The van der Waals surface area contributed by atoms with Gasteiger partial charge in [0.1, 0.15) is 12.2 Å². The zero-order valence-electron chi connectivity index (χ0n) is 13.9. The van der Waals surface area contributed by atoms with Gasteiger partial charge < -0.3 is 19.0 Å². The summed E-state index contributed by atoms with van der Waals surface area (Å²) < 4.78 is 14.0. The highest BCUT2D eigenvalue weighted by Crippen LogP contribution is 2.25. The normalized spacial score (nSPS) is 16.2. The average molecular weight is 355 g/mol. The van der Waals surface area contributed by atoms with Crippen molar-refractivity contribution >= 4 is 5.91 Å². The number of amides is 1. The van der Waals surface area contributed by atoms with E-state index < -0.39 is 0 Å². The number of ether oxygens (including phenoxy) is 1. The molecule has 0 spiro atoms. The molecule has 4 rings (SSSR count). The summed E-state index contributed by atoms with van der Waals surface area (Å²) in [7, 11) is 0. The number of furan rings is 1. The SMILES string of the molecule is O=C(Cn1ccccc1=O)NCC1Cn2nnc(-c3ccoc3)c2CO1. The first-order valence-electron chi connectivity index (χ1n) is 8.19. The van der Waals surface area contributed by atoms with Crippen molar-refractivity contribution in [2.45, 2.75) is 25.8 Å². The maximum atomic E-state index is 12.0. The molecule has 1 aliphatic rings. The van der Waals surface area contributed by atoms with Crippen LogP contribution in [0.3, 0.4) is 0 Å². The Balaban J connectivity index is 1.34. The summed E-state index contributed by atoms with van der Waals surface area (Å²) in [5.74, 6) is -0.245. The smallest absolute Gasteiger partial charge is 0.250 e. The zero-order chi connectivity index (χ0) is 17.9. The minimum atomic E-state index is -0.245. The molecule has 9 heteroatoms. The Morgan fingerprint density at radius 3 is 3.08 bits per heavy atom. The molecule has 0 bridgehead atoms. The molecule has 0 saturated heterocycles. The van der Waals surface area contributed by atoms with E-state index in [0.29, 0.717) is 19.7 Å². The number of carbonyl (C=O) groups is 1. The van der Waals surface area contributed by atoms with Crippen molar-refractivity contribution in [1.82, 2.24) is 24.9 Å². The lowest BCUT2D eigenvalue weighted by Crippen LogP contribution is -2.41. The quantitative estimate of drug-likeness (QED) is 0.711. The van der Waals surface area contributed by atoms with Crippen molar-refractivity contribution in [1.29, 1.82) is 0 Å². The van der Waals surface area contributed by atoms with Gasteiger partial charge in [-0.15, -0.1) is 5.10 Å². The number of carbonyl (C=O) groups excluding carboxylic acids is 1. The van der Waals surface area contributed by atoms with Gasteiger partial charge in [-0.05, 0) is 12.1 Å². The fourth-order valence-electron chi connectivity index (χ4n) is 2.84. The van der Waals surface area contributed by atoms with Gasteiger partial charge in [0, 0.05) is 24.4 Å². The van der Waals surface area contributed by atoms with E-state index in [1.54, 1.807) is 35.5 Å². The monoisotopic (exact) mass is 355 g/mol. The van der Waals surface area contributed by atoms with E-state index in [-0.39, 0.29) is 24.1 Å². The minimum Gasteiger partial charge on any atom is -0.472 e. The van der Waals surface area contributed by atoms with Crippen molar-refractivity contribution in [2.75, 3.05) is 6.54 Å². The summed E-state index contributed by atoms with van der Waals surface area (Å²) >= 11 is 0. The summed E-state index contributed by atoms with van der Waals surface area (Å²) in [6.45, 7) is 1.16. The van der Waals surface area contributed by atoms with E-state index in [2.05, 4.69) is 15.6 Å². The van der Waals surface area contributed by atoms with Crippen LogP contribution in [0.2, 0.25) is 0 Å². The highest BCUT2D eigenvalue weighted by molar-refractivity contribution is 5.75. The molecular formula is C17H17N5O4. The molecule has 0 aromatic carbocycles. The number of rotatable bonds is 5. The van der Waals surface area contributed by atoms with Crippen LogP contribution in [0.5, 0.6) is 0 Å². The zero-order valence-corrected chi connectivity index (χ0v) is 13.9. The molecule has 0 saturated carbocycles. The predicted molar refractivity (Wildman–Crippen MR) is 90.0 cm³/mol. The first kappa shape index (κ1) is 16.3. The number of pyridine rings is 1. The molecule has 1 atom stereocenters. The van der Waals surface area contributed by atoms with Crippen LogP contribution in [-0.2, 0) is 29.2 Å². The highest BCUT2D eigenvalue weighted by atomic mass is 16.5. The van der Waals surface area contributed by atoms with Crippen LogP contribution in [0.4, 0.5) is 0 Å². The van der Waals surface area contributed by atoms with Gasteiger partial charge in [0.2, 0.25) is 5.91 Å². The summed E-state index contributed by atoms with van der Waals surface area (Å²) in [5, 5.41) is 11.1. The van der Waals surface area contributed by atoms with Gasteiger partial charge in [-0.3, -0.25) is 9.59 Å². The lowest BCUT2D eigenvalue weighted by atomic mass is 10.2. The van der Waals surface area contributed by atoms with Crippen LogP contribution in [-0.4, -0.2) is 38.1 Å². The Morgan fingerprint density at radius 1 is 1.35 bits per heavy atom. The third-order valence-electron chi connectivity index (χ3n) is 4.20. The number of nitrogens with zero attached hydrogens (tertiary/aromatic N) is 4. The lowest BCUT2D eigenvalue weighted by molar-refractivity contribution is -0.122. The van der Waals surface area contributed by atoms with Gasteiger partial charge in [0.15, 0.2) is 0 Å². The Labute approximate surface area is 148 Å². The van der Waals surface area contributed by atoms with Crippen LogP contribution >= 0.6 is 0 Å². The Morgan fingerprint density at radius 2 is 2.27 bits per heavy atom. The predicted octanol–water partition coefficient (Wildman–Crippen LogP) is 0.415. The highest BCUT2D eigenvalue weighted by Gasteiger charge is 2.25. The fourth-order valence-corrected chi connectivity index (χ4v) is 2.84. The summed E-state index contributed by atoms with van der Waals surface area (Å²) in [5.41, 5.74) is 2.26. The average Bonchev–Trinajstić information content (AvgIpc) is 3.30. The van der Waals surface area contributed by atoms with Gasteiger partial charge >= 0.3 is 0 Å². The third kappa shape index (κ3) is 3.29. The van der Waals surface area contributed by atoms with E-state index in [9.17, 15) is 9.59 Å². The van der Waals surface area contributed by atoms with Crippen LogP contribution in [0, 0.1) is 0 Å². The van der Waals surface area contributed by atoms with Crippen molar-refractivity contribution < 1.29 is 13.9 Å². The van der Waals surface area contributed by atoms with Crippen LogP contribution in [0.25, 0.3) is 11.3 Å². The van der Waals surface area contributed by atoms with Crippen LogP contribution in [0.1, 0.15) is 5.69 Å². The number of aromatic nitrogens is 4. The van der Waals surface area contributed by atoms with Crippen molar-refractivity contribution in [3.05, 3.63) is 59.0 Å². The fraction of sp³-hybridized carbons (Fsp3) is 0.294. The van der Waals surface area contributed by atoms with Gasteiger partial charge in [0.25, 0.3) is 5.56 Å². The molecule has 4 heterocycles. The van der Waals surface area contributed by atoms with E-state index in [0.717, 1.165) is 17.0 Å². The Hall–Kier alpha value is -3.20. The molecule has 1 aliphatic heterocycles. The standard InChI is InChI=1S/C17H17N5O4/c23-15(9-21-5-2-1-3-16(21)24)18-7-13-8-22-14(11-26-13)17(19-20-22)12-4-6-25-10-12/h1-6,10,13H,7-9,11H2,(H,18,23). The first-order chi connectivity index (χ1) is 12.7. The molecule has 1 unspecified atom stereocenters. The second kappa shape index (κ2) is 6.96. The summed E-state index contributed by atoms with van der Waals surface area (Å²) in [4.78, 5) is 23.7. The number of hydrogen-bond acceptors (Lipinski definition) is 6. The number of nitrogens with one attached hydrogen (secondary N) is 1. The summed E-state index contributed by atoms with van der Waals surface area (Å²) in [6.07, 6.45) is 4.57. The molecule has 3 aromatic heterocycles. The molecule has 1 N–H and O–H groups in total. The lowest BCUT2D eigenvalue weighted by Gasteiger charge is -2.24. The van der Waals surface area contributed by atoms with E-state index in [4.69, 9.17) is 9.15 Å². The molecule has 0 fully saturated rings. The molecule has 26 heavy (non-hydrogen) atoms.